The molecule has 2 rings (SSSR count). The molecule has 0 aliphatic rings. The first-order valence-electron chi connectivity index (χ1n) is 5.97. The Hall–Kier alpha value is -1.46. The van der Waals surface area contributed by atoms with E-state index in [1.807, 2.05) is 6.92 Å². The molecule has 1 heterocycles. The minimum Gasteiger partial charge on any atom is -0.456 e. The van der Waals surface area contributed by atoms with Crippen LogP contribution in [-0.2, 0) is 6.54 Å². The van der Waals surface area contributed by atoms with Crippen LogP contribution in [-0.4, -0.2) is 11.5 Å². The van der Waals surface area contributed by atoms with Crippen LogP contribution in [0.4, 0.5) is 4.39 Å². The summed E-state index contributed by atoms with van der Waals surface area (Å²) in [4.78, 5) is 4.08. The van der Waals surface area contributed by atoms with Gasteiger partial charge < -0.3 is 10.1 Å². The van der Waals surface area contributed by atoms with Crippen molar-refractivity contribution in [2.45, 2.75) is 13.5 Å². The zero-order chi connectivity index (χ0) is 13.7. The highest BCUT2D eigenvalue weighted by Gasteiger charge is 2.08. The van der Waals surface area contributed by atoms with E-state index in [0.29, 0.717) is 22.5 Å². The molecule has 2 aromatic rings. The highest BCUT2D eigenvalue weighted by atomic mass is 79.9. The molecular formula is C14H14BrFN2O. The maximum atomic E-state index is 13.0. The highest BCUT2D eigenvalue weighted by Crippen LogP contribution is 2.31. The lowest BCUT2D eigenvalue weighted by atomic mass is 10.2. The van der Waals surface area contributed by atoms with Gasteiger partial charge in [-0.25, -0.2) is 4.39 Å². The van der Waals surface area contributed by atoms with Gasteiger partial charge in [-0.2, -0.15) is 0 Å². The third kappa shape index (κ3) is 3.75. The molecule has 0 bridgehead atoms. The summed E-state index contributed by atoms with van der Waals surface area (Å²) in [5.74, 6) is 0.982. The SMILES string of the molecule is CCNCc1cnccc1Oc1ccc(F)cc1Br. The molecule has 19 heavy (non-hydrogen) atoms. The van der Waals surface area contributed by atoms with Gasteiger partial charge in [0.25, 0.3) is 0 Å². The predicted molar refractivity (Wildman–Crippen MR) is 75.8 cm³/mol. The summed E-state index contributed by atoms with van der Waals surface area (Å²) in [5, 5.41) is 3.22. The zero-order valence-corrected chi connectivity index (χ0v) is 12.1. The molecule has 1 aromatic carbocycles. The summed E-state index contributed by atoms with van der Waals surface area (Å²) in [5.41, 5.74) is 0.959. The van der Waals surface area contributed by atoms with Crippen molar-refractivity contribution in [2.24, 2.45) is 0 Å². The van der Waals surface area contributed by atoms with E-state index >= 15 is 0 Å². The number of nitrogens with one attached hydrogen (secondary N) is 1. The predicted octanol–water partition coefficient (Wildman–Crippen LogP) is 3.89. The Bertz CT molecular complexity index is 563. The Morgan fingerprint density at radius 1 is 1.32 bits per heavy atom. The summed E-state index contributed by atoms with van der Waals surface area (Å²) in [6.45, 7) is 3.58. The van der Waals surface area contributed by atoms with Crippen molar-refractivity contribution in [2.75, 3.05) is 6.54 Å². The highest BCUT2D eigenvalue weighted by molar-refractivity contribution is 9.10. The van der Waals surface area contributed by atoms with Gasteiger partial charge in [0.05, 0.1) is 4.47 Å². The van der Waals surface area contributed by atoms with Crippen molar-refractivity contribution in [1.82, 2.24) is 10.3 Å². The lowest BCUT2D eigenvalue weighted by Crippen LogP contribution is -2.12. The second-order valence-corrected chi connectivity index (χ2v) is 4.79. The molecule has 1 N–H and O–H groups in total. The number of hydrogen-bond acceptors (Lipinski definition) is 3. The number of rotatable bonds is 5. The lowest BCUT2D eigenvalue weighted by molar-refractivity contribution is 0.467. The molecule has 0 unspecified atom stereocenters. The van der Waals surface area contributed by atoms with Gasteiger partial charge in [0, 0.05) is 24.5 Å². The summed E-state index contributed by atoms with van der Waals surface area (Å²) in [6, 6.07) is 6.13. The third-order valence-electron chi connectivity index (χ3n) is 2.54. The van der Waals surface area contributed by atoms with E-state index in [0.717, 1.165) is 12.1 Å². The summed E-state index contributed by atoms with van der Waals surface area (Å²) < 4.78 is 19.4. The molecular weight excluding hydrogens is 311 g/mol. The molecule has 3 nitrogen and oxygen atoms in total. The molecule has 0 fully saturated rings. The van der Waals surface area contributed by atoms with Crippen molar-refractivity contribution in [1.29, 1.82) is 0 Å². The smallest absolute Gasteiger partial charge is 0.141 e. The molecule has 0 radical (unpaired) electrons. The number of aromatic nitrogens is 1. The molecule has 0 spiro atoms. The van der Waals surface area contributed by atoms with E-state index < -0.39 is 0 Å². The average molecular weight is 325 g/mol. The number of halogens is 2. The van der Waals surface area contributed by atoms with Crippen molar-refractivity contribution in [3.05, 3.63) is 52.5 Å². The molecule has 5 heteroatoms. The van der Waals surface area contributed by atoms with Crippen LogP contribution in [0, 0.1) is 5.82 Å². The Labute approximate surface area is 119 Å². The molecule has 0 aliphatic carbocycles. The minimum absolute atomic E-state index is 0.304. The first-order valence-corrected chi connectivity index (χ1v) is 6.76. The zero-order valence-electron chi connectivity index (χ0n) is 10.5. The Morgan fingerprint density at radius 3 is 2.89 bits per heavy atom. The second-order valence-electron chi connectivity index (χ2n) is 3.94. The van der Waals surface area contributed by atoms with Crippen molar-refractivity contribution in [3.63, 3.8) is 0 Å². The van der Waals surface area contributed by atoms with Crippen LogP contribution in [0.1, 0.15) is 12.5 Å². The van der Waals surface area contributed by atoms with Gasteiger partial charge in [-0.3, -0.25) is 4.98 Å². The van der Waals surface area contributed by atoms with E-state index in [-0.39, 0.29) is 5.82 Å². The molecule has 0 saturated heterocycles. The Morgan fingerprint density at radius 2 is 2.16 bits per heavy atom. The van der Waals surface area contributed by atoms with Gasteiger partial charge in [-0.1, -0.05) is 6.92 Å². The topological polar surface area (TPSA) is 34.2 Å². The standard InChI is InChI=1S/C14H14BrFN2O/c1-2-17-8-10-9-18-6-5-13(10)19-14-4-3-11(16)7-12(14)15/h3-7,9,17H,2,8H2,1H3. The average Bonchev–Trinajstić information content (AvgIpc) is 2.41. The van der Waals surface area contributed by atoms with Gasteiger partial charge in [0.2, 0.25) is 0 Å². The first kappa shape index (κ1) is 14.0. The maximum Gasteiger partial charge on any atom is 0.141 e. The number of pyridine rings is 1. The molecule has 100 valence electrons. The fourth-order valence-electron chi connectivity index (χ4n) is 1.58. The van der Waals surface area contributed by atoms with Crippen LogP contribution >= 0.6 is 15.9 Å². The van der Waals surface area contributed by atoms with E-state index in [2.05, 4.69) is 26.2 Å². The number of benzene rings is 1. The first-order chi connectivity index (χ1) is 9.20. The van der Waals surface area contributed by atoms with E-state index in [1.54, 1.807) is 24.5 Å². The van der Waals surface area contributed by atoms with Crippen LogP contribution in [0.25, 0.3) is 0 Å². The fraction of sp³-hybridized carbons (Fsp3) is 0.214. The van der Waals surface area contributed by atoms with Crippen LogP contribution in [0.3, 0.4) is 0 Å². The van der Waals surface area contributed by atoms with E-state index in [9.17, 15) is 4.39 Å². The second kappa shape index (κ2) is 6.63. The third-order valence-corrected chi connectivity index (χ3v) is 3.16. The lowest BCUT2D eigenvalue weighted by Gasteiger charge is -2.12. The Balaban J connectivity index is 2.22. The molecule has 0 amide bonds. The van der Waals surface area contributed by atoms with Crippen LogP contribution < -0.4 is 10.1 Å². The minimum atomic E-state index is -0.304. The van der Waals surface area contributed by atoms with Gasteiger partial charge in [0.1, 0.15) is 17.3 Å². The van der Waals surface area contributed by atoms with Gasteiger partial charge in [-0.15, -0.1) is 0 Å². The molecule has 0 aliphatic heterocycles. The number of ether oxygens (including phenoxy) is 1. The monoisotopic (exact) mass is 324 g/mol. The largest absolute Gasteiger partial charge is 0.456 e. The number of nitrogens with zero attached hydrogens (tertiary/aromatic N) is 1. The van der Waals surface area contributed by atoms with Crippen LogP contribution in [0.15, 0.2) is 41.1 Å². The summed E-state index contributed by atoms with van der Waals surface area (Å²) in [6.07, 6.45) is 3.43. The van der Waals surface area contributed by atoms with Gasteiger partial charge in [-0.05, 0) is 46.7 Å². The normalized spacial score (nSPS) is 10.5. The van der Waals surface area contributed by atoms with Crippen molar-refractivity contribution >= 4 is 15.9 Å². The molecule has 0 atom stereocenters. The van der Waals surface area contributed by atoms with Crippen molar-refractivity contribution < 1.29 is 9.13 Å². The quantitative estimate of drug-likeness (QED) is 0.906. The van der Waals surface area contributed by atoms with Gasteiger partial charge >= 0.3 is 0 Å². The van der Waals surface area contributed by atoms with E-state index in [4.69, 9.17) is 4.74 Å². The molecule has 1 aromatic heterocycles. The van der Waals surface area contributed by atoms with Crippen LogP contribution in [0.2, 0.25) is 0 Å². The Kier molecular flexibility index (Phi) is 4.87. The number of hydrogen-bond donors (Lipinski definition) is 1. The van der Waals surface area contributed by atoms with Crippen molar-refractivity contribution in [3.8, 4) is 11.5 Å². The summed E-state index contributed by atoms with van der Waals surface area (Å²) >= 11 is 3.29. The molecule has 0 saturated carbocycles. The van der Waals surface area contributed by atoms with Crippen LogP contribution in [0.5, 0.6) is 11.5 Å². The fourth-order valence-corrected chi connectivity index (χ4v) is 2.01. The maximum absolute atomic E-state index is 13.0. The van der Waals surface area contributed by atoms with E-state index in [1.165, 1.54) is 12.1 Å². The van der Waals surface area contributed by atoms with Gasteiger partial charge in [0.15, 0.2) is 0 Å². The summed E-state index contributed by atoms with van der Waals surface area (Å²) in [7, 11) is 0.